The summed E-state index contributed by atoms with van der Waals surface area (Å²) in [5, 5.41) is 3.80. The van der Waals surface area contributed by atoms with E-state index in [1.807, 2.05) is 0 Å². The van der Waals surface area contributed by atoms with Gasteiger partial charge in [-0.15, -0.1) is 0 Å². The summed E-state index contributed by atoms with van der Waals surface area (Å²) in [5.41, 5.74) is 0. The van der Waals surface area contributed by atoms with Crippen molar-refractivity contribution in [2.75, 3.05) is 20.1 Å². The summed E-state index contributed by atoms with van der Waals surface area (Å²) < 4.78 is 0. The minimum absolute atomic E-state index is 0.717. The van der Waals surface area contributed by atoms with Crippen molar-refractivity contribution < 1.29 is 0 Å². The summed E-state index contributed by atoms with van der Waals surface area (Å²) in [6, 6.07) is 1.47. The maximum absolute atomic E-state index is 3.80. The Kier molecular flexibility index (Phi) is 7.92. The Balaban J connectivity index is 2.57. The molecule has 1 aliphatic carbocycles. The van der Waals surface area contributed by atoms with Crippen LogP contribution in [0.15, 0.2) is 0 Å². The van der Waals surface area contributed by atoms with E-state index in [1.165, 1.54) is 58.0 Å². The molecule has 0 aromatic heterocycles. The zero-order chi connectivity index (χ0) is 13.4. The summed E-state index contributed by atoms with van der Waals surface area (Å²) in [4.78, 5) is 2.61. The Labute approximate surface area is 115 Å². The number of hydrogen-bond acceptors (Lipinski definition) is 2. The fraction of sp³-hybridized carbons (Fsp3) is 1.00. The quantitative estimate of drug-likeness (QED) is 0.778. The molecule has 0 amide bonds. The van der Waals surface area contributed by atoms with E-state index in [0.717, 1.165) is 12.0 Å². The van der Waals surface area contributed by atoms with Gasteiger partial charge < -0.3 is 10.2 Å². The summed E-state index contributed by atoms with van der Waals surface area (Å²) in [5.74, 6) is 0.771. The normalized spacial score (nSPS) is 26.3. The molecule has 0 radical (unpaired) electrons. The minimum atomic E-state index is 0.717. The van der Waals surface area contributed by atoms with E-state index in [2.05, 4.69) is 38.0 Å². The Hall–Kier alpha value is -0.0800. The lowest BCUT2D eigenvalue weighted by atomic mass is 9.91. The van der Waals surface area contributed by atoms with Gasteiger partial charge in [-0.25, -0.2) is 0 Å². The molecule has 18 heavy (non-hydrogen) atoms. The maximum Gasteiger partial charge on any atom is 0.0246 e. The summed E-state index contributed by atoms with van der Waals surface area (Å²) >= 11 is 0. The molecule has 0 aromatic carbocycles. The highest BCUT2D eigenvalue weighted by atomic mass is 15.2. The molecular weight excluding hydrogens is 220 g/mol. The monoisotopic (exact) mass is 254 g/mol. The smallest absolute Gasteiger partial charge is 0.0246 e. The van der Waals surface area contributed by atoms with Crippen molar-refractivity contribution in [1.29, 1.82) is 0 Å². The second-order valence-electron chi connectivity index (χ2n) is 6.45. The molecule has 0 aliphatic heterocycles. The van der Waals surface area contributed by atoms with Crippen LogP contribution < -0.4 is 5.32 Å². The molecule has 0 bridgehead atoms. The molecule has 1 aliphatic rings. The van der Waals surface area contributed by atoms with Crippen molar-refractivity contribution in [2.45, 2.75) is 77.8 Å². The lowest BCUT2D eigenvalue weighted by Crippen LogP contribution is -2.50. The average Bonchev–Trinajstić information content (AvgIpc) is 2.26. The van der Waals surface area contributed by atoms with Gasteiger partial charge in [0.15, 0.2) is 0 Å². The van der Waals surface area contributed by atoms with Gasteiger partial charge in [0.1, 0.15) is 0 Å². The first-order chi connectivity index (χ1) is 8.65. The van der Waals surface area contributed by atoms with Crippen LogP contribution in [-0.2, 0) is 0 Å². The van der Waals surface area contributed by atoms with Gasteiger partial charge in [-0.05, 0) is 38.8 Å². The molecule has 2 nitrogen and oxygen atoms in total. The Morgan fingerprint density at radius 2 is 1.78 bits per heavy atom. The van der Waals surface area contributed by atoms with Crippen LogP contribution in [0.25, 0.3) is 0 Å². The van der Waals surface area contributed by atoms with E-state index in [9.17, 15) is 0 Å². The standard InChI is InChI=1S/C16H34N2/c1-5-12-17-15-10-8-6-7-9-11-16(15)18(4)13-14(2)3/h14-17H,5-13H2,1-4H3. The first-order valence-corrected chi connectivity index (χ1v) is 8.08. The van der Waals surface area contributed by atoms with Gasteiger partial charge >= 0.3 is 0 Å². The predicted octanol–water partition coefficient (Wildman–Crippen LogP) is 3.67. The average molecular weight is 254 g/mol. The number of nitrogens with zero attached hydrogens (tertiary/aromatic N) is 1. The first kappa shape index (κ1) is 16.0. The van der Waals surface area contributed by atoms with Gasteiger partial charge in [-0.1, -0.05) is 46.5 Å². The third-order valence-corrected chi connectivity index (χ3v) is 4.11. The van der Waals surface area contributed by atoms with Crippen LogP contribution in [0.4, 0.5) is 0 Å². The summed E-state index contributed by atoms with van der Waals surface area (Å²) in [6.07, 6.45) is 9.69. The zero-order valence-corrected chi connectivity index (χ0v) is 13.0. The molecule has 2 atom stereocenters. The zero-order valence-electron chi connectivity index (χ0n) is 13.0. The summed E-state index contributed by atoms with van der Waals surface area (Å²) in [7, 11) is 2.33. The van der Waals surface area contributed by atoms with Crippen molar-refractivity contribution in [3.63, 3.8) is 0 Å². The lowest BCUT2D eigenvalue weighted by molar-refractivity contribution is 0.149. The van der Waals surface area contributed by atoms with Crippen molar-refractivity contribution in [3.8, 4) is 0 Å². The molecular formula is C16H34N2. The molecule has 0 saturated heterocycles. The van der Waals surface area contributed by atoms with E-state index < -0.39 is 0 Å². The van der Waals surface area contributed by atoms with Crippen molar-refractivity contribution >= 4 is 0 Å². The van der Waals surface area contributed by atoms with E-state index >= 15 is 0 Å². The molecule has 0 aromatic rings. The number of rotatable bonds is 6. The van der Waals surface area contributed by atoms with Crippen molar-refractivity contribution in [2.24, 2.45) is 5.92 Å². The number of hydrogen-bond donors (Lipinski definition) is 1. The van der Waals surface area contributed by atoms with Gasteiger partial charge in [0.25, 0.3) is 0 Å². The molecule has 0 heterocycles. The number of likely N-dealkylation sites (N-methyl/N-ethyl adjacent to an activating group) is 1. The fourth-order valence-electron chi connectivity index (χ4n) is 3.27. The van der Waals surface area contributed by atoms with Gasteiger partial charge in [0.2, 0.25) is 0 Å². The Bertz CT molecular complexity index is 201. The molecule has 1 fully saturated rings. The van der Waals surface area contributed by atoms with Crippen molar-refractivity contribution in [3.05, 3.63) is 0 Å². The predicted molar refractivity (Wildman–Crippen MR) is 81.0 cm³/mol. The summed E-state index contributed by atoms with van der Waals surface area (Å²) in [6.45, 7) is 9.33. The van der Waals surface area contributed by atoms with Gasteiger partial charge in [0, 0.05) is 18.6 Å². The molecule has 2 unspecified atom stereocenters. The van der Waals surface area contributed by atoms with Crippen LogP contribution in [-0.4, -0.2) is 37.1 Å². The molecule has 1 saturated carbocycles. The molecule has 1 rings (SSSR count). The van der Waals surface area contributed by atoms with Crippen LogP contribution in [0.3, 0.4) is 0 Å². The van der Waals surface area contributed by atoms with Gasteiger partial charge in [0.05, 0.1) is 0 Å². The van der Waals surface area contributed by atoms with Crippen LogP contribution in [0.2, 0.25) is 0 Å². The second kappa shape index (κ2) is 8.92. The van der Waals surface area contributed by atoms with E-state index in [1.54, 1.807) is 0 Å². The van der Waals surface area contributed by atoms with Crippen LogP contribution in [0.5, 0.6) is 0 Å². The molecule has 108 valence electrons. The molecule has 0 spiro atoms. The van der Waals surface area contributed by atoms with Crippen LogP contribution in [0, 0.1) is 5.92 Å². The van der Waals surface area contributed by atoms with Crippen molar-refractivity contribution in [1.82, 2.24) is 10.2 Å². The maximum atomic E-state index is 3.80. The second-order valence-corrected chi connectivity index (χ2v) is 6.45. The Morgan fingerprint density at radius 3 is 2.39 bits per heavy atom. The van der Waals surface area contributed by atoms with Gasteiger partial charge in [-0.2, -0.15) is 0 Å². The van der Waals surface area contributed by atoms with E-state index in [-0.39, 0.29) is 0 Å². The minimum Gasteiger partial charge on any atom is -0.312 e. The largest absolute Gasteiger partial charge is 0.312 e. The third kappa shape index (κ3) is 5.71. The highest BCUT2D eigenvalue weighted by Gasteiger charge is 2.25. The van der Waals surface area contributed by atoms with Crippen LogP contribution >= 0.6 is 0 Å². The highest BCUT2D eigenvalue weighted by Crippen LogP contribution is 2.22. The SMILES string of the molecule is CCCNC1CCCCCCC1N(C)CC(C)C. The van der Waals surface area contributed by atoms with Gasteiger partial charge in [-0.3, -0.25) is 0 Å². The third-order valence-electron chi connectivity index (χ3n) is 4.11. The molecule has 2 heteroatoms. The van der Waals surface area contributed by atoms with E-state index in [4.69, 9.17) is 0 Å². The topological polar surface area (TPSA) is 15.3 Å². The number of nitrogens with one attached hydrogen (secondary N) is 1. The molecule has 1 N–H and O–H groups in total. The van der Waals surface area contributed by atoms with Crippen LogP contribution in [0.1, 0.15) is 65.7 Å². The fourth-order valence-corrected chi connectivity index (χ4v) is 3.27. The van der Waals surface area contributed by atoms with E-state index in [0.29, 0.717) is 6.04 Å². The highest BCUT2D eigenvalue weighted by molar-refractivity contribution is 4.85. The first-order valence-electron chi connectivity index (χ1n) is 8.08. The Morgan fingerprint density at radius 1 is 1.11 bits per heavy atom. The lowest BCUT2D eigenvalue weighted by Gasteiger charge is -2.37.